The van der Waals surface area contributed by atoms with Gasteiger partial charge in [0.25, 0.3) is 15.7 Å². The number of fused-ring (bicyclic) bond motifs is 1. The summed E-state index contributed by atoms with van der Waals surface area (Å²) < 4.78 is 32.0. The number of hydrogen-bond donors (Lipinski definition) is 0. The van der Waals surface area contributed by atoms with Crippen LogP contribution in [0.1, 0.15) is 0 Å². The summed E-state index contributed by atoms with van der Waals surface area (Å²) in [5.74, 6) is -0.850. The Morgan fingerprint density at radius 1 is 1.10 bits per heavy atom. The maximum atomic E-state index is 13.4. The van der Waals surface area contributed by atoms with E-state index in [1.165, 1.54) is 18.2 Å². The number of nitro groups is 1. The van der Waals surface area contributed by atoms with E-state index in [9.17, 15) is 23.3 Å². The molecule has 0 aromatic heterocycles. The lowest BCUT2D eigenvalue weighted by Crippen LogP contribution is -2.36. The molecule has 3 aromatic rings. The van der Waals surface area contributed by atoms with E-state index in [1.54, 1.807) is 18.2 Å². The van der Waals surface area contributed by atoms with Crippen LogP contribution in [-0.2, 0) is 19.6 Å². The molecule has 0 unspecified atom stereocenters. The van der Waals surface area contributed by atoms with Gasteiger partial charge in [0, 0.05) is 12.1 Å². The second kappa shape index (κ2) is 8.06. The van der Waals surface area contributed by atoms with Crippen molar-refractivity contribution in [3.63, 3.8) is 0 Å². The number of halogens is 1. The van der Waals surface area contributed by atoms with Gasteiger partial charge in [0.1, 0.15) is 6.54 Å². The van der Waals surface area contributed by atoms with Crippen LogP contribution in [0, 0.1) is 10.1 Å². The molecule has 0 aliphatic carbocycles. The van der Waals surface area contributed by atoms with Gasteiger partial charge in [-0.05, 0) is 29.0 Å². The maximum absolute atomic E-state index is 13.4. The van der Waals surface area contributed by atoms with E-state index in [0.29, 0.717) is 9.69 Å². The first-order valence-electron chi connectivity index (χ1n) is 8.26. The van der Waals surface area contributed by atoms with Gasteiger partial charge in [-0.15, -0.1) is 0 Å². The van der Waals surface area contributed by atoms with Gasteiger partial charge in [0.15, 0.2) is 0 Å². The summed E-state index contributed by atoms with van der Waals surface area (Å²) in [4.78, 5) is 22.3. The molecular formula is C19H15ClN2O6S. The topological polar surface area (TPSA) is 107 Å². The largest absolute Gasteiger partial charge is 0.468 e. The van der Waals surface area contributed by atoms with Crippen molar-refractivity contribution in [1.82, 2.24) is 0 Å². The molecule has 0 amide bonds. The van der Waals surface area contributed by atoms with Gasteiger partial charge in [0.05, 0.1) is 27.6 Å². The Balaban J connectivity index is 2.18. The van der Waals surface area contributed by atoms with E-state index in [4.69, 9.17) is 11.6 Å². The summed E-state index contributed by atoms with van der Waals surface area (Å²) in [6.45, 7) is -0.702. The van der Waals surface area contributed by atoms with Gasteiger partial charge in [-0.1, -0.05) is 41.9 Å². The van der Waals surface area contributed by atoms with Gasteiger partial charge in [-0.2, -0.15) is 0 Å². The number of esters is 1. The molecule has 0 saturated heterocycles. The summed E-state index contributed by atoms with van der Waals surface area (Å²) in [5.41, 5.74) is -0.563. The molecule has 0 atom stereocenters. The van der Waals surface area contributed by atoms with Crippen LogP contribution in [0.25, 0.3) is 10.8 Å². The number of ether oxygens (including phenoxy) is 1. The van der Waals surface area contributed by atoms with Crippen molar-refractivity contribution in [3.8, 4) is 0 Å². The van der Waals surface area contributed by atoms with Crippen molar-refractivity contribution in [2.75, 3.05) is 18.0 Å². The Morgan fingerprint density at radius 2 is 1.79 bits per heavy atom. The number of carbonyl (C=O) groups excluding carboxylic acids is 1. The fraction of sp³-hybridized carbons (Fsp3) is 0.105. The van der Waals surface area contributed by atoms with Crippen molar-refractivity contribution in [1.29, 1.82) is 0 Å². The van der Waals surface area contributed by atoms with Gasteiger partial charge >= 0.3 is 5.97 Å². The third kappa shape index (κ3) is 4.15. The number of nitrogens with zero attached hydrogens (tertiary/aromatic N) is 2. The van der Waals surface area contributed by atoms with E-state index < -0.39 is 27.5 Å². The third-order valence-electron chi connectivity index (χ3n) is 4.22. The number of anilines is 1. The molecule has 29 heavy (non-hydrogen) atoms. The predicted molar refractivity (Wildman–Crippen MR) is 109 cm³/mol. The molecule has 3 aromatic carbocycles. The van der Waals surface area contributed by atoms with Gasteiger partial charge in [0.2, 0.25) is 0 Å². The Labute approximate surface area is 171 Å². The van der Waals surface area contributed by atoms with Gasteiger partial charge in [-0.25, -0.2) is 8.42 Å². The lowest BCUT2D eigenvalue weighted by Gasteiger charge is -2.24. The predicted octanol–water partition coefficient (Wildman–Crippen LogP) is 3.77. The second-order valence-electron chi connectivity index (χ2n) is 5.99. The monoisotopic (exact) mass is 434 g/mol. The molecule has 0 bridgehead atoms. The standard InChI is InChI=1S/C19H15ClN2O6S/c1-28-19(23)12-21(18-11-15(22(24)25)7-9-17(18)20)29(26,27)16-8-6-13-4-2-3-5-14(13)10-16/h2-11H,12H2,1H3. The number of nitro benzene ring substituents is 1. The zero-order valence-corrected chi connectivity index (χ0v) is 16.7. The van der Waals surface area contributed by atoms with Crippen LogP contribution in [0.15, 0.2) is 65.6 Å². The lowest BCUT2D eigenvalue weighted by molar-refractivity contribution is -0.384. The van der Waals surface area contributed by atoms with Crippen LogP contribution >= 0.6 is 11.6 Å². The Bertz CT molecular complexity index is 1210. The number of carbonyl (C=O) groups is 1. The average Bonchev–Trinajstić information content (AvgIpc) is 2.71. The number of hydrogen-bond acceptors (Lipinski definition) is 6. The number of rotatable bonds is 6. The number of benzene rings is 3. The third-order valence-corrected chi connectivity index (χ3v) is 6.29. The van der Waals surface area contributed by atoms with Crippen LogP contribution in [0.3, 0.4) is 0 Å². The first-order valence-corrected chi connectivity index (χ1v) is 10.1. The Hall–Kier alpha value is -3.17. The fourth-order valence-electron chi connectivity index (χ4n) is 2.74. The quantitative estimate of drug-likeness (QED) is 0.332. The summed E-state index contributed by atoms with van der Waals surface area (Å²) in [6, 6.07) is 15.0. The minimum absolute atomic E-state index is 0.0659. The van der Waals surface area contributed by atoms with Crippen molar-refractivity contribution in [2.45, 2.75) is 4.90 Å². The molecule has 0 radical (unpaired) electrons. The highest BCUT2D eigenvalue weighted by Gasteiger charge is 2.30. The zero-order chi connectivity index (χ0) is 21.2. The molecule has 0 fully saturated rings. The summed E-state index contributed by atoms with van der Waals surface area (Å²) >= 11 is 6.13. The Morgan fingerprint density at radius 3 is 2.45 bits per heavy atom. The molecule has 0 spiro atoms. The van der Waals surface area contributed by atoms with E-state index in [-0.39, 0.29) is 21.3 Å². The molecule has 0 saturated carbocycles. The average molecular weight is 435 g/mol. The lowest BCUT2D eigenvalue weighted by atomic mass is 10.1. The van der Waals surface area contributed by atoms with Crippen LogP contribution < -0.4 is 4.31 Å². The number of non-ortho nitro benzene ring substituents is 1. The van der Waals surface area contributed by atoms with Gasteiger partial charge in [-0.3, -0.25) is 19.2 Å². The summed E-state index contributed by atoms with van der Waals surface area (Å²) in [6.07, 6.45) is 0. The molecule has 3 rings (SSSR count). The molecule has 0 aliphatic rings. The molecule has 0 N–H and O–H groups in total. The SMILES string of the molecule is COC(=O)CN(c1cc([N+](=O)[O-])ccc1Cl)S(=O)(=O)c1ccc2ccccc2c1. The molecule has 0 heterocycles. The van der Waals surface area contributed by atoms with E-state index in [1.807, 2.05) is 12.1 Å². The molecule has 8 nitrogen and oxygen atoms in total. The number of methoxy groups -OCH3 is 1. The maximum Gasteiger partial charge on any atom is 0.326 e. The minimum atomic E-state index is -4.29. The van der Waals surface area contributed by atoms with Crippen molar-refractivity contribution in [3.05, 3.63) is 75.8 Å². The van der Waals surface area contributed by atoms with Gasteiger partial charge < -0.3 is 4.74 Å². The van der Waals surface area contributed by atoms with Crippen LogP contribution in [0.2, 0.25) is 5.02 Å². The minimum Gasteiger partial charge on any atom is -0.468 e. The van der Waals surface area contributed by atoms with E-state index in [2.05, 4.69) is 4.74 Å². The summed E-state index contributed by atoms with van der Waals surface area (Å²) in [5, 5.41) is 12.6. The first kappa shape index (κ1) is 20.6. The zero-order valence-electron chi connectivity index (χ0n) is 15.1. The molecular weight excluding hydrogens is 420 g/mol. The van der Waals surface area contributed by atoms with Crippen LogP contribution in [0.4, 0.5) is 11.4 Å². The highest BCUT2D eigenvalue weighted by Crippen LogP contribution is 2.34. The number of sulfonamides is 1. The molecule has 0 aliphatic heterocycles. The second-order valence-corrected chi connectivity index (χ2v) is 8.26. The molecule has 150 valence electrons. The van der Waals surface area contributed by atoms with E-state index >= 15 is 0 Å². The molecule has 10 heteroatoms. The fourth-order valence-corrected chi connectivity index (χ4v) is 4.47. The normalized spacial score (nSPS) is 11.2. The van der Waals surface area contributed by atoms with E-state index in [0.717, 1.165) is 24.6 Å². The first-order chi connectivity index (χ1) is 13.7. The summed E-state index contributed by atoms with van der Waals surface area (Å²) in [7, 11) is -3.18. The van der Waals surface area contributed by atoms with Crippen molar-refractivity contribution >= 4 is 49.7 Å². The smallest absolute Gasteiger partial charge is 0.326 e. The van der Waals surface area contributed by atoms with Crippen LogP contribution in [-0.4, -0.2) is 33.0 Å². The Kier molecular flexibility index (Phi) is 5.71. The highest BCUT2D eigenvalue weighted by atomic mass is 35.5. The van der Waals surface area contributed by atoms with Crippen molar-refractivity contribution < 1.29 is 22.9 Å². The highest BCUT2D eigenvalue weighted by molar-refractivity contribution is 7.92. The van der Waals surface area contributed by atoms with Crippen LogP contribution in [0.5, 0.6) is 0 Å². The van der Waals surface area contributed by atoms with Crippen molar-refractivity contribution in [2.24, 2.45) is 0 Å².